The van der Waals surface area contributed by atoms with Crippen LogP contribution in [-0.4, -0.2) is 38.0 Å². The van der Waals surface area contributed by atoms with E-state index in [1.54, 1.807) is 0 Å². The fourth-order valence-corrected chi connectivity index (χ4v) is 1.30. The second-order valence-corrected chi connectivity index (χ2v) is 4.07. The van der Waals surface area contributed by atoms with Crippen molar-refractivity contribution in [2.45, 2.75) is 6.42 Å². The van der Waals surface area contributed by atoms with Gasteiger partial charge >= 0.3 is 0 Å². The van der Waals surface area contributed by atoms with Gasteiger partial charge in [-0.15, -0.1) is 0 Å². The molecular formula is C12H19N3O. The van der Waals surface area contributed by atoms with Crippen LogP contribution < -0.4 is 11.1 Å². The van der Waals surface area contributed by atoms with Crippen LogP contribution in [0.1, 0.15) is 5.56 Å². The maximum absolute atomic E-state index is 11.5. The van der Waals surface area contributed by atoms with E-state index in [4.69, 9.17) is 5.73 Å². The SMILES string of the molecule is CN(C)CCNC(=O)Cc1ccc(N)cc1. The molecular weight excluding hydrogens is 202 g/mol. The van der Waals surface area contributed by atoms with Crippen LogP contribution >= 0.6 is 0 Å². The van der Waals surface area contributed by atoms with Crippen LogP contribution in [-0.2, 0) is 11.2 Å². The largest absolute Gasteiger partial charge is 0.399 e. The Balaban J connectivity index is 2.31. The molecule has 0 heterocycles. The van der Waals surface area contributed by atoms with Crippen LogP contribution in [0.3, 0.4) is 0 Å². The van der Waals surface area contributed by atoms with Crippen LogP contribution in [0.4, 0.5) is 5.69 Å². The maximum Gasteiger partial charge on any atom is 0.224 e. The Labute approximate surface area is 96.4 Å². The molecule has 4 heteroatoms. The van der Waals surface area contributed by atoms with Gasteiger partial charge in [0.1, 0.15) is 0 Å². The van der Waals surface area contributed by atoms with Gasteiger partial charge in [0.2, 0.25) is 5.91 Å². The van der Waals surface area contributed by atoms with Crippen LogP contribution in [0.25, 0.3) is 0 Å². The molecule has 88 valence electrons. The number of carbonyl (C=O) groups excluding carboxylic acids is 1. The summed E-state index contributed by atoms with van der Waals surface area (Å²) < 4.78 is 0. The smallest absolute Gasteiger partial charge is 0.224 e. The topological polar surface area (TPSA) is 58.4 Å². The minimum Gasteiger partial charge on any atom is -0.399 e. The van der Waals surface area contributed by atoms with Gasteiger partial charge in [-0.05, 0) is 31.8 Å². The summed E-state index contributed by atoms with van der Waals surface area (Å²) >= 11 is 0. The summed E-state index contributed by atoms with van der Waals surface area (Å²) in [6, 6.07) is 7.37. The molecule has 1 rings (SSSR count). The summed E-state index contributed by atoms with van der Waals surface area (Å²) in [7, 11) is 3.96. The lowest BCUT2D eigenvalue weighted by molar-refractivity contribution is -0.120. The fourth-order valence-electron chi connectivity index (χ4n) is 1.30. The minimum absolute atomic E-state index is 0.0478. The van der Waals surface area contributed by atoms with Gasteiger partial charge in [-0.2, -0.15) is 0 Å². The number of anilines is 1. The lowest BCUT2D eigenvalue weighted by Crippen LogP contribution is -2.32. The molecule has 0 bridgehead atoms. The number of likely N-dealkylation sites (N-methyl/N-ethyl adjacent to an activating group) is 1. The van der Waals surface area contributed by atoms with Crippen molar-refractivity contribution in [3.8, 4) is 0 Å². The number of hydrogen-bond acceptors (Lipinski definition) is 3. The van der Waals surface area contributed by atoms with E-state index in [0.29, 0.717) is 13.0 Å². The van der Waals surface area contributed by atoms with E-state index in [9.17, 15) is 4.79 Å². The molecule has 1 aromatic rings. The van der Waals surface area contributed by atoms with Crippen LogP contribution in [0.2, 0.25) is 0 Å². The van der Waals surface area contributed by atoms with Gasteiger partial charge in [-0.3, -0.25) is 4.79 Å². The van der Waals surface area contributed by atoms with Crippen LogP contribution in [0.15, 0.2) is 24.3 Å². The molecule has 3 N–H and O–H groups in total. The van der Waals surface area contributed by atoms with Crippen molar-refractivity contribution in [1.82, 2.24) is 10.2 Å². The molecule has 0 saturated heterocycles. The highest BCUT2D eigenvalue weighted by molar-refractivity contribution is 5.78. The second kappa shape index (κ2) is 6.12. The Morgan fingerprint density at radius 1 is 1.31 bits per heavy atom. The van der Waals surface area contributed by atoms with Crippen LogP contribution in [0, 0.1) is 0 Å². The average Bonchev–Trinajstić information content (AvgIpc) is 2.21. The molecule has 0 aromatic heterocycles. The standard InChI is InChI=1S/C12H19N3O/c1-15(2)8-7-14-12(16)9-10-3-5-11(13)6-4-10/h3-6H,7-9,13H2,1-2H3,(H,14,16). The third-order valence-electron chi connectivity index (χ3n) is 2.23. The van der Waals surface area contributed by atoms with E-state index in [1.807, 2.05) is 43.3 Å². The summed E-state index contributed by atoms with van der Waals surface area (Å²) in [5, 5.41) is 2.87. The number of nitrogens with two attached hydrogens (primary N) is 1. The Bertz CT molecular complexity index is 333. The molecule has 0 radical (unpaired) electrons. The van der Waals surface area contributed by atoms with E-state index in [1.165, 1.54) is 0 Å². The molecule has 0 aliphatic heterocycles. The van der Waals surface area contributed by atoms with Crippen molar-refractivity contribution in [1.29, 1.82) is 0 Å². The zero-order chi connectivity index (χ0) is 12.0. The molecule has 0 atom stereocenters. The number of amides is 1. The zero-order valence-electron chi connectivity index (χ0n) is 9.86. The Morgan fingerprint density at radius 3 is 2.50 bits per heavy atom. The van der Waals surface area contributed by atoms with E-state index >= 15 is 0 Å². The summed E-state index contributed by atoms with van der Waals surface area (Å²) in [6.45, 7) is 1.54. The molecule has 16 heavy (non-hydrogen) atoms. The first-order valence-corrected chi connectivity index (χ1v) is 5.34. The fraction of sp³-hybridized carbons (Fsp3) is 0.417. The summed E-state index contributed by atoms with van der Waals surface area (Å²) in [5.41, 5.74) is 7.27. The summed E-state index contributed by atoms with van der Waals surface area (Å²) in [6.07, 6.45) is 0.410. The predicted octanol–water partition coefficient (Wildman–Crippen LogP) is 0.489. The number of nitrogens with one attached hydrogen (secondary N) is 1. The van der Waals surface area contributed by atoms with Crippen molar-refractivity contribution in [2.75, 3.05) is 32.9 Å². The molecule has 0 spiro atoms. The van der Waals surface area contributed by atoms with Gasteiger partial charge in [-0.25, -0.2) is 0 Å². The first kappa shape index (κ1) is 12.5. The molecule has 0 saturated carbocycles. The van der Waals surface area contributed by atoms with Crippen LogP contribution in [0.5, 0.6) is 0 Å². The monoisotopic (exact) mass is 221 g/mol. The lowest BCUT2D eigenvalue weighted by Gasteiger charge is -2.10. The van der Waals surface area contributed by atoms with Gasteiger partial charge in [0, 0.05) is 18.8 Å². The van der Waals surface area contributed by atoms with E-state index in [0.717, 1.165) is 17.8 Å². The second-order valence-electron chi connectivity index (χ2n) is 4.07. The molecule has 1 aromatic carbocycles. The van der Waals surface area contributed by atoms with Crippen molar-refractivity contribution in [3.05, 3.63) is 29.8 Å². The lowest BCUT2D eigenvalue weighted by atomic mass is 10.1. The third-order valence-corrected chi connectivity index (χ3v) is 2.23. The number of hydrogen-bond donors (Lipinski definition) is 2. The summed E-state index contributed by atoms with van der Waals surface area (Å²) in [4.78, 5) is 13.5. The quantitative estimate of drug-likeness (QED) is 0.711. The van der Waals surface area contributed by atoms with E-state index in [2.05, 4.69) is 5.32 Å². The first-order valence-electron chi connectivity index (χ1n) is 5.34. The van der Waals surface area contributed by atoms with Gasteiger partial charge in [-0.1, -0.05) is 12.1 Å². The normalized spacial score (nSPS) is 10.4. The number of nitrogen functional groups attached to an aromatic ring is 1. The van der Waals surface area contributed by atoms with Crippen molar-refractivity contribution < 1.29 is 4.79 Å². The molecule has 0 unspecified atom stereocenters. The number of benzene rings is 1. The van der Waals surface area contributed by atoms with Crippen molar-refractivity contribution >= 4 is 11.6 Å². The highest BCUT2D eigenvalue weighted by Crippen LogP contribution is 2.05. The third kappa shape index (κ3) is 4.79. The molecule has 1 amide bonds. The summed E-state index contributed by atoms with van der Waals surface area (Å²) in [5.74, 6) is 0.0478. The molecule has 0 aliphatic carbocycles. The molecule has 4 nitrogen and oxygen atoms in total. The Hall–Kier alpha value is -1.55. The van der Waals surface area contributed by atoms with Gasteiger partial charge in [0.15, 0.2) is 0 Å². The predicted molar refractivity (Wildman–Crippen MR) is 66.1 cm³/mol. The number of rotatable bonds is 5. The van der Waals surface area contributed by atoms with Gasteiger partial charge in [0.05, 0.1) is 6.42 Å². The number of carbonyl (C=O) groups is 1. The van der Waals surface area contributed by atoms with Gasteiger partial charge in [0.25, 0.3) is 0 Å². The van der Waals surface area contributed by atoms with Gasteiger partial charge < -0.3 is 16.0 Å². The molecule has 0 fully saturated rings. The van der Waals surface area contributed by atoms with E-state index < -0.39 is 0 Å². The highest BCUT2D eigenvalue weighted by atomic mass is 16.1. The number of nitrogens with zero attached hydrogens (tertiary/aromatic N) is 1. The van der Waals surface area contributed by atoms with E-state index in [-0.39, 0.29) is 5.91 Å². The average molecular weight is 221 g/mol. The maximum atomic E-state index is 11.5. The minimum atomic E-state index is 0.0478. The zero-order valence-corrected chi connectivity index (χ0v) is 9.86. The Kier molecular flexibility index (Phi) is 4.79. The first-order chi connectivity index (χ1) is 7.58. The molecule has 0 aliphatic rings. The Morgan fingerprint density at radius 2 is 1.94 bits per heavy atom. The van der Waals surface area contributed by atoms with Crippen molar-refractivity contribution in [2.24, 2.45) is 0 Å². The van der Waals surface area contributed by atoms with Crippen molar-refractivity contribution in [3.63, 3.8) is 0 Å². The highest BCUT2D eigenvalue weighted by Gasteiger charge is 2.02.